The van der Waals surface area contributed by atoms with E-state index in [2.05, 4.69) is 0 Å². The standard InChI is InChI=1S/C11H17N3O3/c1-13(5-3-4-12)9-6-10(14(15)16)8-11(7-9)17-2/h6-8H,3-5,12H2,1-2H3. The molecule has 0 aliphatic rings. The van der Waals surface area contributed by atoms with Crippen LogP contribution in [0.3, 0.4) is 0 Å². The van der Waals surface area contributed by atoms with Crippen molar-refractivity contribution in [3.05, 3.63) is 28.3 Å². The number of benzene rings is 1. The summed E-state index contributed by atoms with van der Waals surface area (Å²) in [5, 5.41) is 10.8. The van der Waals surface area contributed by atoms with E-state index in [0.717, 1.165) is 18.7 Å². The lowest BCUT2D eigenvalue weighted by molar-refractivity contribution is -0.384. The number of methoxy groups -OCH3 is 1. The lowest BCUT2D eigenvalue weighted by Gasteiger charge is -2.19. The number of rotatable bonds is 6. The number of nitro groups is 1. The van der Waals surface area contributed by atoms with E-state index in [1.54, 1.807) is 6.07 Å². The van der Waals surface area contributed by atoms with Crippen LogP contribution in [0.4, 0.5) is 11.4 Å². The Morgan fingerprint density at radius 2 is 2.18 bits per heavy atom. The Hall–Kier alpha value is -1.82. The molecule has 0 heterocycles. The highest BCUT2D eigenvalue weighted by molar-refractivity contribution is 5.57. The second-order valence-electron chi connectivity index (χ2n) is 3.71. The third-order valence-electron chi connectivity index (χ3n) is 2.46. The van der Waals surface area contributed by atoms with Crippen LogP contribution in [0.5, 0.6) is 5.75 Å². The molecule has 17 heavy (non-hydrogen) atoms. The summed E-state index contributed by atoms with van der Waals surface area (Å²) in [5.41, 5.74) is 6.21. The number of non-ortho nitro benzene ring substituents is 1. The maximum Gasteiger partial charge on any atom is 0.275 e. The summed E-state index contributed by atoms with van der Waals surface area (Å²) >= 11 is 0. The number of ether oxygens (including phenoxy) is 1. The average Bonchev–Trinajstić information content (AvgIpc) is 2.35. The third kappa shape index (κ3) is 3.60. The fourth-order valence-corrected chi connectivity index (χ4v) is 1.47. The van der Waals surface area contributed by atoms with Gasteiger partial charge in [-0.05, 0) is 13.0 Å². The first-order chi connectivity index (χ1) is 8.08. The first kappa shape index (κ1) is 13.2. The van der Waals surface area contributed by atoms with Crippen molar-refractivity contribution in [2.45, 2.75) is 6.42 Å². The quantitative estimate of drug-likeness (QED) is 0.599. The van der Waals surface area contributed by atoms with Crippen molar-refractivity contribution in [2.75, 3.05) is 32.1 Å². The number of nitrogens with two attached hydrogens (primary N) is 1. The zero-order chi connectivity index (χ0) is 12.8. The van der Waals surface area contributed by atoms with E-state index in [0.29, 0.717) is 12.3 Å². The van der Waals surface area contributed by atoms with E-state index in [-0.39, 0.29) is 5.69 Å². The molecular formula is C11H17N3O3. The lowest BCUT2D eigenvalue weighted by Crippen LogP contribution is -2.21. The molecule has 0 aromatic heterocycles. The van der Waals surface area contributed by atoms with E-state index in [1.807, 2.05) is 11.9 Å². The van der Waals surface area contributed by atoms with Gasteiger partial charge in [-0.3, -0.25) is 10.1 Å². The Labute approximate surface area is 100 Å². The Kier molecular flexibility index (Phi) is 4.71. The van der Waals surface area contributed by atoms with Crippen molar-refractivity contribution in [1.29, 1.82) is 0 Å². The van der Waals surface area contributed by atoms with E-state index >= 15 is 0 Å². The molecule has 1 aromatic carbocycles. The monoisotopic (exact) mass is 239 g/mol. The summed E-state index contributed by atoms with van der Waals surface area (Å²) in [7, 11) is 3.36. The van der Waals surface area contributed by atoms with Crippen molar-refractivity contribution in [3.63, 3.8) is 0 Å². The molecule has 0 bridgehead atoms. The Bertz CT molecular complexity index is 396. The van der Waals surface area contributed by atoms with Gasteiger partial charge in [0.05, 0.1) is 18.1 Å². The summed E-state index contributed by atoms with van der Waals surface area (Å²) in [4.78, 5) is 12.3. The van der Waals surface area contributed by atoms with Gasteiger partial charge in [0, 0.05) is 31.4 Å². The van der Waals surface area contributed by atoms with Gasteiger partial charge in [-0.25, -0.2) is 0 Å². The lowest BCUT2D eigenvalue weighted by atomic mass is 10.2. The largest absolute Gasteiger partial charge is 0.496 e. The summed E-state index contributed by atoms with van der Waals surface area (Å²) in [6, 6.07) is 4.70. The predicted molar refractivity (Wildman–Crippen MR) is 66.6 cm³/mol. The second-order valence-corrected chi connectivity index (χ2v) is 3.71. The number of hydrogen-bond acceptors (Lipinski definition) is 5. The molecule has 6 nitrogen and oxygen atoms in total. The molecule has 0 saturated heterocycles. The summed E-state index contributed by atoms with van der Waals surface area (Å²) < 4.78 is 5.04. The zero-order valence-electron chi connectivity index (χ0n) is 10.0. The van der Waals surface area contributed by atoms with Crippen LogP contribution in [-0.4, -0.2) is 32.2 Å². The fraction of sp³-hybridized carbons (Fsp3) is 0.455. The Balaban J connectivity index is 2.97. The van der Waals surface area contributed by atoms with Crippen LogP contribution in [-0.2, 0) is 0 Å². The van der Waals surface area contributed by atoms with Crippen LogP contribution in [0.15, 0.2) is 18.2 Å². The van der Waals surface area contributed by atoms with Gasteiger partial charge in [-0.1, -0.05) is 0 Å². The van der Waals surface area contributed by atoms with Crippen LogP contribution in [0.25, 0.3) is 0 Å². The average molecular weight is 239 g/mol. The van der Waals surface area contributed by atoms with Crippen molar-refractivity contribution in [3.8, 4) is 5.75 Å². The topological polar surface area (TPSA) is 81.6 Å². The maximum absolute atomic E-state index is 10.8. The van der Waals surface area contributed by atoms with E-state index < -0.39 is 4.92 Å². The first-order valence-corrected chi connectivity index (χ1v) is 5.33. The Morgan fingerprint density at radius 3 is 2.71 bits per heavy atom. The molecule has 1 rings (SSSR count). The highest BCUT2D eigenvalue weighted by atomic mass is 16.6. The van der Waals surface area contributed by atoms with Gasteiger partial charge in [-0.15, -0.1) is 0 Å². The summed E-state index contributed by atoms with van der Waals surface area (Å²) in [5.74, 6) is 0.480. The van der Waals surface area contributed by atoms with E-state index in [9.17, 15) is 10.1 Å². The van der Waals surface area contributed by atoms with Crippen molar-refractivity contribution in [2.24, 2.45) is 5.73 Å². The maximum atomic E-state index is 10.8. The van der Waals surface area contributed by atoms with Crippen LogP contribution >= 0.6 is 0 Å². The van der Waals surface area contributed by atoms with Gasteiger partial charge in [0.1, 0.15) is 5.75 Å². The van der Waals surface area contributed by atoms with Gasteiger partial charge >= 0.3 is 0 Å². The number of anilines is 1. The normalized spacial score (nSPS) is 10.1. The minimum Gasteiger partial charge on any atom is -0.496 e. The molecule has 1 aromatic rings. The molecule has 0 unspecified atom stereocenters. The van der Waals surface area contributed by atoms with Gasteiger partial charge < -0.3 is 15.4 Å². The number of hydrogen-bond donors (Lipinski definition) is 1. The first-order valence-electron chi connectivity index (χ1n) is 5.33. The van der Waals surface area contributed by atoms with Crippen LogP contribution in [0.1, 0.15) is 6.42 Å². The van der Waals surface area contributed by atoms with Crippen molar-refractivity contribution in [1.82, 2.24) is 0 Å². The van der Waals surface area contributed by atoms with Crippen molar-refractivity contribution < 1.29 is 9.66 Å². The molecule has 0 aliphatic heterocycles. The van der Waals surface area contributed by atoms with Gasteiger partial charge in [0.15, 0.2) is 0 Å². The predicted octanol–water partition coefficient (Wildman–Crippen LogP) is 1.39. The molecule has 0 saturated carbocycles. The minimum absolute atomic E-state index is 0.0268. The highest BCUT2D eigenvalue weighted by Gasteiger charge is 2.12. The smallest absolute Gasteiger partial charge is 0.275 e. The molecule has 0 spiro atoms. The van der Waals surface area contributed by atoms with E-state index in [1.165, 1.54) is 19.2 Å². The zero-order valence-corrected chi connectivity index (χ0v) is 10.0. The van der Waals surface area contributed by atoms with Gasteiger partial charge in [0.25, 0.3) is 5.69 Å². The fourth-order valence-electron chi connectivity index (χ4n) is 1.47. The second kappa shape index (κ2) is 6.05. The van der Waals surface area contributed by atoms with Crippen LogP contribution in [0, 0.1) is 10.1 Å². The van der Waals surface area contributed by atoms with Crippen molar-refractivity contribution >= 4 is 11.4 Å². The molecular weight excluding hydrogens is 222 g/mol. The highest BCUT2D eigenvalue weighted by Crippen LogP contribution is 2.27. The molecule has 0 atom stereocenters. The number of nitro benzene ring substituents is 1. The minimum atomic E-state index is -0.428. The van der Waals surface area contributed by atoms with E-state index in [4.69, 9.17) is 10.5 Å². The number of nitrogens with zero attached hydrogens (tertiary/aromatic N) is 2. The molecule has 6 heteroatoms. The van der Waals surface area contributed by atoms with Crippen LogP contribution < -0.4 is 15.4 Å². The SMILES string of the molecule is COc1cc(N(C)CCCN)cc([N+](=O)[O-])c1. The molecule has 0 amide bonds. The van der Waals surface area contributed by atoms with Crippen LogP contribution in [0.2, 0.25) is 0 Å². The van der Waals surface area contributed by atoms with Gasteiger partial charge in [0.2, 0.25) is 0 Å². The van der Waals surface area contributed by atoms with Gasteiger partial charge in [-0.2, -0.15) is 0 Å². The molecule has 0 aliphatic carbocycles. The third-order valence-corrected chi connectivity index (χ3v) is 2.46. The molecule has 0 fully saturated rings. The molecule has 2 N–H and O–H groups in total. The molecule has 94 valence electrons. The summed E-state index contributed by atoms with van der Waals surface area (Å²) in [6.07, 6.45) is 0.835. The summed E-state index contributed by atoms with van der Waals surface area (Å²) in [6.45, 7) is 1.34. The Morgan fingerprint density at radius 1 is 1.47 bits per heavy atom. The molecule has 0 radical (unpaired) electrons.